The molecule has 0 atom stereocenters. The van der Waals surface area contributed by atoms with Gasteiger partial charge in [0.05, 0.1) is 13.2 Å². The number of hydrogen-bond acceptors (Lipinski definition) is 3. The van der Waals surface area contributed by atoms with Crippen LogP contribution in [-0.2, 0) is 11.2 Å². The van der Waals surface area contributed by atoms with E-state index in [2.05, 4.69) is 13.8 Å². The van der Waals surface area contributed by atoms with Crippen LogP contribution in [0, 0.1) is 0 Å². The molecule has 0 radical (unpaired) electrons. The highest BCUT2D eigenvalue weighted by Crippen LogP contribution is 2.43. The maximum absolute atomic E-state index is 10.7. The van der Waals surface area contributed by atoms with Crippen molar-refractivity contribution in [3.63, 3.8) is 0 Å². The van der Waals surface area contributed by atoms with Gasteiger partial charge in [-0.25, -0.2) is 0 Å². The van der Waals surface area contributed by atoms with Crippen molar-refractivity contribution < 1.29 is 19.4 Å². The van der Waals surface area contributed by atoms with Gasteiger partial charge in [-0.05, 0) is 24.3 Å². The van der Waals surface area contributed by atoms with Crippen LogP contribution in [0.25, 0.3) is 0 Å². The number of carboxylic acids is 1. The SMILES string of the molecule is CC(C)c1c(CCCC(=O)O)c(Cl)cc2c1OCCCO2. The molecule has 1 aliphatic heterocycles. The molecule has 5 heteroatoms. The largest absolute Gasteiger partial charge is 0.489 e. The molecule has 1 heterocycles. The third-order valence-corrected chi connectivity index (χ3v) is 3.86. The van der Waals surface area contributed by atoms with Gasteiger partial charge in [-0.3, -0.25) is 4.79 Å². The van der Waals surface area contributed by atoms with Crippen molar-refractivity contribution >= 4 is 17.6 Å². The number of halogens is 1. The summed E-state index contributed by atoms with van der Waals surface area (Å²) in [6, 6.07) is 1.80. The van der Waals surface area contributed by atoms with Crippen LogP contribution in [-0.4, -0.2) is 24.3 Å². The Morgan fingerprint density at radius 3 is 2.76 bits per heavy atom. The van der Waals surface area contributed by atoms with Crippen molar-refractivity contribution in [1.82, 2.24) is 0 Å². The predicted octanol–water partition coefficient (Wildman–Crippen LogP) is 4.03. The average molecular weight is 313 g/mol. The fourth-order valence-electron chi connectivity index (χ4n) is 2.62. The minimum Gasteiger partial charge on any atom is -0.489 e. The summed E-state index contributed by atoms with van der Waals surface area (Å²) in [5.41, 5.74) is 2.03. The van der Waals surface area contributed by atoms with Crippen molar-refractivity contribution in [2.45, 2.75) is 45.4 Å². The second-order valence-corrected chi connectivity index (χ2v) is 5.94. The summed E-state index contributed by atoms with van der Waals surface area (Å²) in [7, 11) is 0. The van der Waals surface area contributed by atoms with Gasteiger partial charge in [-0.1, -0.05) is 25.4 Å². The number of ether oxygens (including phenoxy) is 2. The zero-order valence-corrected chi connectivity index (χ0v) is 13.2. The van der Waals surface area contributed by atoms with Gasteiger partial charge in [-0.2, -0.15) is 0 Å². The number of carbonyl (C=O) groups is 1. The number of aliphatic carboxylic acids is 1. The van der Waals surface area contributed by atoms with Crippen LogP contribution in [0.3, 0.4) is 0 Å². The Hall–Kier alpha value is -1.42. The van der Waals surface area contributed by atoms with E-state index in [0.717, 1.165) is 23.3 Å². The second kappa shape index (κ2) is 7.03. The second-order valence-electron chi connectivity index (χ2n) is 5.53. The lowest BCUT2D eigenvalue weighted by atomic mass is 9.92. The van der Waals surface area contributed by atoms with Crippen LogP contribution in [0.15, 0.2) is 6.07 Å². The maximum atomic E-state index is 10.7. The van der Waals surface area contributed by atoms with Gasteiger partial charge in [0.15, 0.2) is 11.5 Å². The van der Waals surface area contributed by atoms with Crippen LogP contribution in [0.2, 0.25) is 5.02 Å². The first-order valence-corrected chi connectivity index (χ1v) is 7.71. The Morgan fingerprint density at radius 2 is 2.10 bits per heavy atom. The van der Waals surface area contributed by atoms with Crippen molar-refractivity contribution in [3.8, 4) is 11.5 Å². The minimum atomic E-state index is -0.786. The van der Waals surface area contributed by atoms with Crippen molar-refractivity contribution in [2.24, 2.45) is 0 Å². The first-order chi connectivity index (χ1) is 10.0. The first-order valence-electron chi connectivity index (χ1n) is 7.33. The monoisotopic (exact) mass is 312 g/mol. The molecule has 0 aromatic heterocycles. The molecule has 1 aromatic carbocycles. The highest BCUT2D eigenvalue weighted by Gasteiger charge is 2.23. The molecule has 0 saturated carbocycles. The molecule has 0 fully saturated rings. The molecule has 4 nitrogen and oxygen atoms in total. The standard InChI is InChI=1S/C16H21ClO4/c1-10(2)15-11(5-3-6-14(18)19)12(17)9-13-16(15)21-8-4-7-20-13/h9-10H,3-8H2,1-2H3,(H,18,19). The first kappa shape index (κ1) is 16.0. The molecule has 2 rings (SSSR count). The van der Waals surface area contributed by atoms with Gasteiger partial charge in [0.2, 0.25) is 0 Å². The number of carboxylic acid groups (broad SMARTS) is 1. The van der Waals surface area contributed by atoms with Crippen molar-refractivity contribution in [3.05, 3.63) is 22.2 Å². The van der Waals surface area contributed by atoms with Gasteiger partial charge in [0.25, 0.3) is 0 Å². The summed E-state index contributed by atoms with van der Waals surface area (Å²) >= 11 is 6.40. The maximum Gasteiger partial charge on any atom is 0.303 e. The highest BCUT2D eigenvalue weighted by atomic mass is 35.5. The van der Waals surface area contributed by atoms with E-state index in [4.69, 9.17) is 26.2 Å². The Kier molecular flexibility index (Phi) is 5.34. The zero-order valence-electron chi connectivity index (χ0n) is 12.4. The molecule has 0 amide bonds. The summed E-state index contributed by atoms with van der Waals surface area (Å²) in [5, 5.41) is 9.42. The van der Waals surface area contributed by atoms with E-state index < -0.39 is 5.97 Å². The number of hydrogen-bond donors (Lipinski definition) is 1. The molecule has 116 valence electrons. The lowest BCUT2D eigenvalue weighted by molar-refractivity contribution is -0.137. The van der Waals surface area contributed by atoms with E-state index in [1.165, 1.54) is 0 Å². The summed E-state index contributed by atoms with van der Waals surface area (Å²) in [6.45, 7) is 5.42. The van der Waals surface area contributed by atoms with E-state index in [1.54, 1.807) is 6.07 Å². The topological polar surface area (TPSA) is 55.8 Å². The summed E-state index contributed by atoms with van der Waals surface area (Å²) in [5.74, 6) is 0.922. The summed E-state index contributed by atoms with van der Waals surface area (Å²) < 4.78 is 11.6. The van der Waals surface area contributed by atoms with Crippen LogP contribution >= 0.6 is 11.6 Å². The number of rotatable bonds is 5. The molecule has 1 aromatic rings. The predicted molar refractivity (Wildman–Crippen MR) is 81.7 cm³/mol. The smallest absolute Gasteiger partial charge is 0.303 e. The van der Waals surface area contributed by atoms with Crippen molar-refractivity contribution in [2.75, 3.05) is 13.2 Å². The van der Waals surface area contributed by atoms with Crippen LogP contribution in [0.4, 0.5) is 0 Å². The fourth-order valence-corrected chi connectivity index (χ4v) is 2.91. The normalized spacial score (nSPS) is 14.1. The van der Waals surface area contributed by atoms with E-state index in [-0.39, 0.29) is 12.3 Å². The van der Waals surface area contributed by atoms with Gasteiger partial charge in [-0.15, -0.1) is 0 Å². The zero-order chi connectivity index (χ0) is 15.4. The van der Waals surface area contributed by atoms with E-state index in [9.17, 15) is 4.79 Å². The molecule has 0 saturated heterocycles. The molecule has 0 bridgehead atoms. The van der Waals surface area contributed by atoms with Gasteiger partial charge in [0.1, 0.15) is 0 Å². The number of fused-ring (bicyclic) bond motifs is 1. The van der Waals surface area contributed by atoms with Crippen LogP contribution in [0.5, 0.6) is 11.5 Å². The molecular formula is C16H21ClO4. The highest BCUT2D eigenvalue weighted by molar-refractivity contribution is 6.31. The number of benzene rings is 1. The molecule has 1 N–H and O–H groups in total. The molecule has 21 heavy (non-hydrogen) atoms. The van der Waals surface area contributed by atoms with Gasteiger partial charge >= 0.3 is 5.97 Å². The molecule has 0 spiro atoms. The molecule has 0 unspecified atom stereocenters. The Bertz CT molecular complexity index is 525. The quantitative estimate of drug-likeness (QED) is 0.891. The summed E-state index contributed by atoms with van der Waals surface area (Å²) in [6.07, 6.45) is 2.18. The summed E-state index contributed by atoms with van der Waals surface area (Å²) in [4.78, 5) is 10.7. The van der Waals surface area contributed by atoms with Crippen LogP contribution in [0.1, 0.15) is 50.2 Å². The third-order valence-electron chi connectivity index (χ3n) is 3.53. The van der Waals surface area contributed by atoms with E-state index in [1.807, 2.05) is 0 Å². The Labute approximate surface area is 130 Å². The van der Waals surface area contributed by atoms with Crippen LogP contribution < -0.4 is 9.47 Å². The minimum absolute atomic E-state index is 0.141. The van der Waals surface area contributed by atoms with Gasteiger partial charge in [0, 0.05) is 29.5 Å². The third kappa shape index (κ3) is 3.82. The lowest BCUT2D eigenvalue weighted by Gasteiger charge is -2.20. The Balaban J connectivity index is 2.38. The molecular weight excluding hydrogens is 292 g/mol. The average Bonchev–Trinajstić information content (AvgIpc) is 2.63. The molecule has 1 aliphatic rings. The fraction of sp³-hybridized carbons (Fsp3) is 0.562. The lowest BCUT2D eigenvalue weighted by Crippen LogP contribution is -2.05. The molecule has 0 aliphatic carbocycles. The van der Waals surface area contributed by atoms with Crippen molar-refractivity contribution in [1.29, 1.82) is 0 Å². The van der Waals surface area contributed by atoms with Gasteiger partial charge < -0.3 is 14.6 Å². The Morgan fingerprint density at radius 1 is 1.38 bits per heavy atom. The van der Waals surface area contributed by atoms with E-state index >= 15 is 0 Å². The van der Waals surface area contributed by atoms with E-state index in [0.29, 0.717) is 36.8 Å².